The second-order valence-electron chi connectivity index (χ2n) is 5.33. The third kappa shape index (κ3) is 6.47. The molecule has 0 saturated carbocycles. The zero-order valence-electron chi connectivity index (χ0n) is 12.0. The van der Waals surface area contributed by atoms with Crippen molar-refractivity contribution >= 4 is 12.0 Å². The highest BCUT2D eigenvalue weighted by Gasteiger charge is 2.23. The number of hydrogen-bond donors (Lipinski definition) is 3. The van der Waals surface area contributed by atoms with E-state index in [1.54, 1.807) is 13.8 Å². The molecule has 0 radical (unpaired) electrons. The Bertz CT molecular complexity index is 279. The number of aliphatic carboxylic acids is 1. The highest BCUT2D eigenvalue weighted by atomic mass is 16.4. The van der Waals surface area contributed by atoms with Gasteiger partial charge in [0.15, 0.2) is 0 Å². The van der Waals surface area contributed by atoms with E-state index in [-0.39, 0.29) is 12.0 Å². The SMILES string of the molecule is CCC(C)CC(C)NC(=O)N[C@H](C(=O)O)C(C)C. The van der Waals surface area contributed by atoms with Gasteiger partial charge in [0.1, 0.15) is 6.04 Å². The summed E-state index contributed by atoms with van der Waals surface area (Å²) < 4.78 is 0. The molecule has 0 aliphatic rings. The van der Waals surface area contributed by atoms with Crippen LogP contribution in [0.15, 0.2) is 0 Å². The minimum atomic E-state index is -1.00. The van der Waals surface area contributed by atoms with Crippen molar-refractivity contribution in [2.45, 2.75) is 59.5 Å². The summed E-state index contributed by atoms with van der Waals surface area (Å²) in [5, 5.41) is 14.2. The van der Waals surface area contributed by atoms with E-state index in [1.165, 1.54) is 0 Å². The summed E-state index contributed by atoms with van der Waals surface area (Å²) in [6.45, 7) is 9.70. The van der Waals surface area contributed by atoms with Crippen LogP contribution in [0.1, 0.15) is 47.5 Å². The van der Waals surface area contributed by atoms with Crippen molar-refractivity contribution in [2.24, 2.45) is 11.8 Å². The van der Waals surface area contributed by atoms with Gasteiger partial charge in [-0.3, -0.25) is 0 Å². The summed E-state index contributed by atoms with van der Waals surface area (Å²) in [7, 11) is 0. The van der Waals surface area contributed by atoms with E-state index in [4.69, 9.17) is 5.11 Å². The van der Waals surface area contributed by atoms with E-state index in [0.29, 0.717) is 5.92 Å². The van der Waals surface area contributed by atoms with Crippen LogP contribution >= 0.6 is 0 Å². The van der Waals surface area contributed by atoms with Crippen LogP contribution in [-0.4, -0.2) is 29.2 Å². The summed E-state index contributed by atoms with van der Waals surface area (Å²) in [4.78, 5) is 22.6. The van der Waals surface area contributed by atoms with Crippen LogP contribution in [-0.2, 0) is 4.79 Å². The van der Waals surface area contributed by atoms with Crippen LogP contribution in [0.2, 0.25) is 0 Å². The standard InChI is InChI=1S/C13H26N2O3/c1-6-9(4)7-10(5)14-13(18)15-11(8(2)3)12(16)17/h8-11H,6-7H2,1-5H3,(H,16,17)(H2,14,15,18)/t9?,10?,11-/m0/s1. The zero-order valence-corrected chi connectivity index (χ0v) is 12.0. The fourth-order valence-electron chi connectivity index (χ4n) is 1.75. The van der Waals surface area contributed by atoms with Gasteiger partial charge in [0.2, 0.25) is 0 Å². The van der Waals surface area contributed by atoms with Crippen LogP contribution in [0.3, 0.4) is 0 Å². The largest absolute Gasteiger partial charge is 0.480 e. The van der Waals surface area contributed by atoms with Crippen LogP contribution in [0.4, 0.5) is 4.79 Å². The lowest BCUT2D eigenvalue weighted by atomic mass is 10.0. The molecule has 3 atom stereocenters. The van der Waals surface area contributed by atoms with Gasteiger partial charge in [0.25, 0.3) is 0 Å². The molecular weight excluding hydrogens is 232 g/mol. The second kappa shape index (κ2) is 7.95. The van der Waals surface area contributed by atoms with E-state index in [1.807, 2.05) is 6.92 Å². The van der Waals surface area contributed by atoms with E-state index >= 15 is 0 Å². The summed E-state index contributed by atoms with van der Waals surface area (Å²) in [5.41, 5.74) is 0. The van der Waals surface area contributed by atoms with E-state index in [0.717, 1.165) is 12.8 Å². The van der Waals surface area contributed by atoms with Crippen molar-refractivity contribution in [1.29, 1.82) is 0 Å². The highest BCUT2D eigenvalue weighted by molar-refractivity contribution is 5.82. The maximum atomic E-state index is 11.7. The first kappa shape index (κ1) is 16.7. The summed E-state index contributed by atoms with van der Waals surface area (Å²) >= 11 is 0. The van der Waals surface area contributed by atoms with E-state index in [2.05, 4.69) is 24.5 Å². The quantitative estimate of drug-likeness (QED) is 0.655. The van der Waals surface area contributed by atoms with Crippen molar-refractivity contribution < 1.29 is 14.7 Å². The molecule has 2 unspecified atom stereocenters. The van der Waals surface area contributed by atoms with Crippen LogP contribution in [0.5, 0.6) is 0 Å². The molecule has 0 aromatic carbocycles. The first-order chi connectivity index (χ1) is 8.27. The first-order valence-electron chi connectivity index (χ1n) is 6.57. The lowest BCUT2D eigenvalue weighted by Crippen LogP contribution is -2.50. The number of urea groups is 1. The molecule has 5 heteroatoms. The molecule has 106 valence electrons. The van der Waals surface area contributed by atoms with Crippen molar-refractivity contribution in [3.8, 4) is 0 Å². The highest BCUT2D eigenvalue weighted by Crippen LogP contribution is 2.09. The Morgan fingerprint density at radius 2 is 1.67 bits per heavy atom. The van der Waals surface area contributed by atoms with Gasteiger partial charge in [0, 0.05) is 6.04 Å². The molecule has 2 amide bonds. The lowest BCUT2D eigenvalue weighted by Gasteiger charge is -2.21. The monoisotopic (exact) mass is 258 g/mol. The Hall–Kier alpha value is -1.26. The normalized spacial score (nSPS) is 15.9. The molecule has 0 aliphatic carbocycles. The Morgan fingerprint density at radius 3 is 2.06 bits per heavy atom. The third-order valence-corrected chi connectivity index (χ3v) is 3.05. The molecule has 0 fully saturated rings. The Labute approximate surface area is 109 Å². The van der Waals surface area contributed by atoms with Crippen molar-refractivity contribution in [2.75, 3.05) is 0 Å². The van der Waals surface area contributed by atoms with Gasteiger partial charge in [-0.25, -0.2) is 9.59 Å². The predicted molar refractivity (Wildman–Crippen MR) is 71.5 cm³/mol. The smallest absolute Gasteiger partial charge is 0.326 e. The number of carboxylic acids is 1. The Morgan fingerprint density at radius 1 is 1.11 bits per heavy atom. The van der Waals surface area contributed by atoms with Gasteiger partial charge < -0.3 is 15.7 Å². The molecule has 3 N–H and O–H groups in total. The lowest BCUT2D eigenvalue weighted by molar-refractivity contribution is -0.140. The molecule has 0 aromatic rings. The number of carbonyl (C=O) groups excluding carboxylic acids is 1. The number of nitrogens with one attached hydrogen (secondary N) is 2. The number of rotatable bonds is 7. The van der Waals surface area contributed by atoms with Gasteiger partial charge in [-0.2, -0.15) is 0 Å². The molecule has 0 bridgehead atoms. The molecule has 18 heavy (non-hydrogen) atoms. The van der Waals surface area contributed by atoms with Gasteiger partial charge in [-0.15, -0.1) is 0 Å². The molecule has 0 saturated heterocycles. The van der Waals surface area contributed by atoms with Crippen LogP contribution < -0.4 is 10.6 Å². The maximum absolute atomic E-state index is 11.7. The average Bonchev–Trinajstić information content (AvgIpc) is 2.24. The molecule has 0 aliphatic heterocycles. The van der Waals surface area contributed by atoms with Gasteiger partial charge in [-0.05, 0) is 25.2 Å². The molecule has 0 spiro atoms. The molecule has 5 nitrogen and oxygen atoms in total. The summed E-state index contributed by atoms with van der Waals surface area (Å²) in [6, 6.07) is -1.21. The minimum Gasteiger partial charge on any atom is -0.480 e. The summed E-state index contributed by atoms with van der Waals surface area (Å²) in [6.07, 6.45) is 1.96. The number of carbonyl (C=O) groups is 2. The Balaban J connectivity index is 4.20. The van der Waals surface area contributed by atoms with E-state index in [9.17, 15) is 9.59 Å². The third-order valence-electron chi connectivity index (χ3n) is 3.05. The zero-order chi connectivity index (χ0) is 14.3. The first-order valence-corrected chi connectivity index (χ1v) is 6.57. The van der Waals surface area contributed by atoms with Gasteiger partial charge >= 0.3 is 12.0 Å². The van der Waals surface area contributed by atoms with Crippen molar-refractivity contribution in [3.63, 3.8) is 0 Å². The molecule has 0 heterocycles. The minimum absolute atomic E-state index is 0.0431. The fourth-order valence-corrected chi connectivity index (χ4v) is 1.75. The predicted octanol–water partition coefficient (Wildman–Crippen LogP) is 2.22. The fraction of sp³-hybridized carbons (Fsp3) is 0.846. The van der Waals surface area contributed by atoms with Crippen LogP contribution in [0, 0.1) is 11.8 Å². The van der Waals surface area contributed by atoms with Crippen LogP contribution in [0.25, 0.3) is 0 Å². The number of hydrogen-bond acceptors (Lipinski definition) is 2. The van der Waals surface area contributed by atoms with Gasteiger partial charge in [0.05, 0.1) is 0 Å². The van der Waals surface area contributed by atoms with Crippen molar-refractivity contribution in [3.05, 3.63) is 0 Å². The van der Waals surface area contributed by atoms with E-state index < -0.39 is 18.0 Å². The Kier molecular flexibility index (Phi) is 7.39. The number of carboxylic acid groups (broad SMARTS) is 1. The summed E-state index contributed by atoms with van der Waals surface area (Å²) in [5.74, 6) is -0.603. The number of amides is 2. The van der Waals surface area contributed by atoms with Gasteiger partial charge in [-0.1, -0.05) is 34.1 Å². The average molecular weight is 258 g/mol. The maximum Gasteiger partial charge on any atom is 0.326 e. The van der Waals surface area contributed by atoms with Crippen molar-refractivity contribution in [1.82, 2.24) is 10.6 Å². The molecular formula is C13H26N2O3. The topological polar surface area (TPSA) is 78.4 Å². The molecule has 0 aromatic heterocycles. The second-order valence-corrected chi connectivity index (χ2v) is 5.33. The molecule has 0 rings (SSSR count).